The van der Waals surface area contributed by atoms with Gasteiger partial charge >= 0.3 is 0 Å². The summed E-state index contributed by atoms with van der Waals surface area (Å²) in [6, 6.07) is 16.0. The molecule has 0 unspecified atom stereocenters. The minimum Gasteiger partial charge on any atom is -0.489 e. The summed E-state index contributed by atoms with van der Waals surface area (Å²) < 4.78 is 5.70. The number of H-pyrrole nitrogens is 1. The van der Waals surface area contributed by atoms with Crippen molar-refractivity contribution < 1.29 is 4.74 Å². The third-order valence-electron chi connectivity index (χ3n) is 4.07. The first-order valence-corrected chi connectivity index (χ1v) is 9.01. The molecule has 0 bridgehead atoms. The van der Waals surface area contributed by atoms with Crippen LogP contribution in [0, 0.1) is 0 Å². The molecule has 3 N–H and O–H groups in total. The molecule has 8 heteroatoms. The summed E-state index contributed by atoms with van der Waals surface area (Å²) >= 11 is 0. The Bertz CT molecular complexity index is 926. The van der Waals surface area contributed by atoms with Gasteiger partial charge in [-0.3, -0.25) is 10.1 Å². The molecule has 3 aromatic rings. The van der Waals surface area contributed by atoms with Gasteiger partial charge in [0, 0.05) is 31.3 Å². The number of aromatic nitrogens is 3. The minimum atomic E-state index is 0. The maximum Gasteiger partial charge on any atom is 0.191 e. The van der Waals surface area contributed by atoms with Crippen LogP contribution in [-0.4, -0.2) is 34.8 Å². The van der Waals surface area contributed by atoms with Crippen molar-refractivity contribution in [2.24, 2.45) is 4.99 Å². The van der Waals surface area contributed by atoms with Gasteiger partial charge in [0.25, 0.3) is 0 Å². The number of nitrogens with one attached hydrogen (secondary N) is 3. The number of ether oxygens (including phenoxy) is 1. The molecule has 0 saturated carbocycles. The zero-order valence-corrected chi connectivity index (χ0v) is 18.6. The third-order valence-corrected chi connectivity index (χ3v) is 4.07. The van der Waals surface area contributed by atoms with Gasteiger partial charge in [0.1, 0.15) is 18.7 Å². The number of rotatable bonds is 8. The van der Waals surface area contributed by atoms with Gasteiger partial charge in [-0.2, -0.15) is 5.10 Å². The largest absolute Gasteiger partial charge is 0.489 e. The zero-order valence-electron chi connectivity index (χ0n) is 16.3. The maximum atomic E-state index is 5.70. The van der Waals surface area contributed by atoms with Gasteiger partial charge in [-0.15, -0.1) is 24.0 Å². The number of aromatic amines is 1. The van der Waals surface area contributed by atoms with Crippen molar-refractivity contribution in [2.45, 2.75) is 13.1 Å². The second-order valence-corrected chi connectivity index (χ2v) is 6.02. The van der Waals surface area contributed by atoms with E-state index in [0.29, 0.717) is 25.7 Å². The molecule has 1 aromatic heterocycles. The normalized spacial score (nSPS) is 10.7. The molecule has 0 amide bonds. The van der Waals surface area contributed by atoms with E-state index in [1.54, 1.807) is 13.1 Å². The molecule has 152 valence electrons. The highest BCUT2D eigenvalue weighted by Gasteiger charge is 2.05. The zero-order chi connectivity index (χ0) is 19.6. The molecule has 0 aliphatic heterocycles. The predicted octanol–water partition coefficient (Wildman–Crippen LogP) is 3.52. The van der Waals surface area contributed by atoms with Gasteiger partial charge in [-0.1, -0.05) is 49.1 Å². The number of para-hydroxylation sites is 1. The van der Waals surface area contributed by atoms with Gasteiger partial charge in [0.05, 0.1) is 0 Å². The maximum absolute atomic E-state index is 5.70. The first kappa shape index (κ1) is 22.4. The smallest absolute Gasteiger partial charge is 0.191 e. The van der Waals surface area contributed by atoms with E-state index in [9.17, 15) is 0 Å². The molecule has 0 saturated heterocycles. The van der Waals surface area contributed by atoms with E-state index in [1.165, 1.54) is 6.33 Å². The number of halogens is 1. The summed E-state index contributed by atoms with van der Waals surface area (Å²) in [7, 11) is 1.75. The van der Waals surface area contributed by atoms with E-state index in [-0.39, 0.29) is 24.0 Å². The van der Waals surface area contributed by atoms with E-state index in [2.05, 4.69) is 49.5 Å². The first-order valence-electron chi connectivity index (χ1n) is 9.01. The van der Waals surface area contributed by atoms with Gasteiger partial charge < -0.3 is 15.4 Å². The Morgan fingerprint density at radius 1 is 1.17 bits per heavy atom. The van der Waals surface area contributed by atoms with Crippen LogP contribution in [0.15, 0.2) is 72.5 Å². The van der Waals surface area contributed by atoms with Crippen LogP contribution in [0.2, 0.25) is 0 Å². The van der Waals surface area contributed by atoms with Crippen molar-refractivity contribution in [2.75, 3.05) is 13.7 Å². The second kappa shape index (κ2) is 11.8. The Morgan fingerprint density at radius 2 is 2.00 bits per heavy atom. The fraction of sp³-hybridized carbons (Fsp3) is 0.190. The summed E-state index contributed by atoms with van der Waals surface area (Å²) in [5.74, 6) is 2.30. The lowest BCUT2D eigenvalue weighted by Crippen LogP contribution is -2.36. The van der Waals surface area contributed by atoms with E-state index < -0.39 is 0 Å². The number of hydrogen-bond acceptors (Lipinski definition) is 4. The van der Waals surface area contributed by atoms with Crippen molar-refractivity contribution in [1.82, 2.24) is 25.8 Å². The predicted molar refractivity (Wildman–Crippen MR) is 126 cm³/mol. The van der Waals surface area contributed by atoms with Crippen LogP contribution in [0.1, 0.15) is 11.1 Å². The SMILES string of the molecule is C=CCOc1ccccc1CNC(=NC)NCc1cccc(-c2ncn[nH]2)c1.I. The minimum absolute atomic E-state index is 0. The fourth-order valence-electron chi connectivity index (χ4n) is 2.70. The molecule has 29 heavy (non-hydrogen) atoms. The summed E-state index contributed by atoms with van der Waals surface area (Å²) in [6.45, 7) is 5.40. The van der Waals surface area contributed by atoms with Gasteiger partial charge in [-0.25, -0.2) is 4.98 Å². The fourth-order valence-corrected chi connectivity index (χ4v) is 2.70. The summed E-state index contributed by atoms with van der Waals surface area (Å²) in [5, 5.41) is 13.4. The standard InChI is InChI=1S/C21H24N6O.HI/c1-3-11-28-19-10-5-4-8-18(19)14-24-21(22-2)23-13-16-7-6-9-17(12-16)20-25-15-26-27-20;/h3-10,12,15H,1,11,13-14H2,2H3,(H2,22,23,24)(H,25,26,27);1H. The van der Waals surface area contributed by atoms with E-state index in [1.807, 2.05) is 36.4 Å². The number of aliphatic imine (C=N–C) groups is 1. The third kappa shape index (κ3) is 6.60. The lowest BCUT2D eigenvalue weighted by atomic mass is 10.1. The molecule has 0 spiro atoms. The average molecular weight is 504 g/mol. The Labute approximate surface area is 187 Å². The molecule has 0 fully saturated rings. The van der Waals surface area contributed by atoms with Crippen LogP contribution in [0.5, 0.6) is 5.75 Å². The summed E-state index contributed by atoms with van der Waals surface area (Å²) in [4.78, 5) is 8.48. The molecule has 1 heterocycles. The second-order valence-electron chi connectivity index (χ2n) is 6.02. The van der Waals surface area contributed by atoms with Crippen molar-refractivity contribution in [3.8, 4) is 17.1 Å². The number of guanidine groups is 1. The van der Waals surface area contributed by atoms with Crippen LogP contribution in [0.3, 0.4) is 0 Å². The topological polar surface area (TPSA) is 87.2 Å². The van der Waals surface area contributed by atoms with Crippen LogP contribution in [0.4, 0.5) is 0 Å². The number of hydrogen-bond donors (Lipinski definition) is 3. The number of nitrogens with zero attached hydrogens (tertiary/aromatic N) is 3. The molecular formula is C21H25IN6O. The van der Waals surface area contributed by atoms with Crippen LogP contribution < -0.4 is 15.4 Å². The molecule has 2 aromatic carbocycles. The van der Waals surface area contributed by atoms with Crippen molar-refractivity contribution in [1.29, 1.82) is 0 Å². The average Bonchev–Trinajstić information content (AvgIpc) is 3.28. The summed E-state index contributed by atoms with van der Waals surface area (Å²) in [5.41, 5.74) is 3.17. The Balaban J connectivity index is 0.00000300. The molecule has 0 radical (unpaired) electrons. The Morgan fingerprint density at radius 3 is 2.76 bits per heavy atom. The molecule has 0 aliphatic carbocycles. The highest BCUT2D eigenvalue weighted by Crippen LogP contribution is 2.18. The Hall–Kier alpha value is -2.88. The van der Waals surface area contributed by atoms with Crippen LogP contribution in [0.25, 0.3) is 11.4 Å². The lowest BCUT2D eigenvalue weighted by Gasteiger charge is -2.14. The van der Waals surface area contributed by atoms with Crippen LogP contribution in [-0.2, 0) is 13.1 Å². The highest BCUT2D eigenvalue weighted by atomic mass is 127. The molecule has 3 rings (SSSR count). The number of benzene rings is 2. The van der Waals surface area contributed by atoms with E-state index >= 15 is 0 Å². The van der Waals surface area contributed by atoms with Gasteiger partial charge in [0.2, 0.25) is 0 Å². The van der Waals surface area contributed by atoms with E-state index in [0.717, 1.165) is 28.3 Å². The van der Waals surface area contributed by atoms with Crippen molar-refractivity contribution in [3.63, 3.8) is 0 Å². The highest BCUT2D eigenvalue weighted by molar-refractivity contribution is 14.0. The summed E-state index contributed by atoms with van der Waals surface area (Å²) in [6.07, 6.45) is 3.24. The monoisotopic (exact) mass is 504 g/mol. The van der Waals surface area contributed by atoms with Crippen LogP contribution >= 0.6 is 24.0 Å². The van der Waals surface area contributed by atoms with E-state index in [4.69, 9.17) is 4.74 Å². The van der Waals surface area contributed by atoms with Crippen molar-refractivity contribution >= 4 is 29.9 Å². The molecule has 0 aliphatic rings. The van der Waals surface area contributed by atoms with Gasteiger partial charge in [-0.05, 0) is 17.7 Å². The lowest BCUT2D eigenvalue weighted by molar-refractivity contribution is 0.358. The molecular weight excluding hydrogens is 479 g/mol. The molecule has 7 nitrogen and oxygen atoms in total. The molecule has 0 atom stereocenters. The van der Waals surface area contributed by atoms with Crippen molar-refractivity contribution in [3.05, 3.63) is 78.6 Å². The first-order chi connectivity index (χ1) is 13.8. The van der Waals surface area contributed by atoms with Gasteiger partial charge in [0.15, 0.2) is 11.8 Å². The Kier molecular flexibility index (Phi) is 9.16. The quantitative estimate of drug-likeness (QED) is 0.189.